The van der Waals surface area contributed by atoms with Crippen LogP contribution in [0.2, 0.25) is 0 Å². The van der Waals surface area contributed by atoms with Gasteiger partial charge in [-0.05, 0) is 89.3 Å². The molecule has 1 aromatic heterocycles. The van der Waals surface area contributed by atoms with Crippen LogP contribution in [-0.4, -0.2) is 138 Å². The van der Waals surface area contributed by atoms with E-state index in [4.69, 9.17) is 47.0 Å². The average molecular weight is 1020 g/mol. The van der Waals surface area contributed by atoms with Crippen molar-refractivity contribution in [1.29, 1.82) is 0 Å². The Labute approximate surface area is 415 Å². The standard InChI is InChI=1S/C49H66N2O17S2/c1-24-30(63-41(55)35(53)34(29-15-14-18-61-29)51-43(57)68-44(3,4)5)21-49(58)39(66-40(54)27-19-26(59-11)16-17-28(27)60-12)37-47(10)31(20-32-48(37,23-62-32)67-25(2)52)64-38(47)36(33(24)46(49,8)9)65-42(56)50-22-45(6,7)70-69-13/h14-19,30-32,34-39,53,58H,20-23H2,1-13H3,(H,50,56)(H,51,57)/t30-,31+,32+,34-,35+,36+,37-,38-,39-,47+,48-,49+/m0/s1. The number of methoxy groups -OCH3 is 2. The zero-order chi connectivity index (χ0) is 51.5. The number of aliphatic hydroxyl groups excluding tert-OH is 1. The molecule has 1 aromatic carbocycles. The van der Waals surface area contributed by atoms with Crippen molar-refractivity contribution in [2.24, 2.45) is 16.7 Å². The van der Waals surface area contributed by atoms with Crippen molar-refractivity contribution in [2.45, 2.75) is 152 Å². The number of benzene rings is 1. The van der Waals surface area contributed by atoms with Crippen LogP contribution in [0.1, 0.15) is 104 Å². The lowest BCUT2D eigenvalue weighted by molar-refractivity contribution is -0.416. The molecular weight excluding hydrogens is 953 g/mol. The summed E-state index contributed by atoms with van der Waals surface area (Å²) in [6.45, 7) is 17.1. The maximum absolute atomic E-state index is 15.0. The van der Waals surface area contributed by atoms with E-state index in [9.17, 15) is 34.2 Å². The smallest absolute Gasteiger partial charge is 0.408 e. The predicted molar refractivity (Wildman–Crippen MR) is 254 cm³/mol. The maximum Gasteiger partial charge on any atom is 0.408 e. The van der Waals surface area contributed by atoms with Gasteiger partial charge in [0.2, 0.25) is 0 Å². The number of amides is 2. The van der Waals surface area contributed by atoms with E-state index >= 15 is 0 Å². The Balaban J connectivity index is 1.40. The monoisotopic (exact) mass is 1020 g/mol. The van der Waals surface area contributed by atoms with Crippen molar-refractivity contribution >= 4 is 51.7 Å². The molecule has 70 heavy (non-hydrogen) atoms. The number of alkyl carbamates (subject to hydrolysis) is 2. The maximum atomic E-state index is 15.0. The minimum Gasteiger partial charge on any atom is -0.497 e. The first-order valence-electron chi connectivity index (χ1n) is 23.1. The van der Waals surface area contributed by atoms with Crippen LogP contribution in [0.4, 0.5) is 9.59 Å². The van der Waals surface area contributed by atoms with Crippen LogP contribution in [0, 0.1) is 16.7 Å². The molecule has 2 saturated heterocycles. The second kappa shape index (κ2) is 19.4. The number of hydrogen-bond acceptors (Lipinski definition) is 19. The van der Waals surface area contributed by atoms with Crippen LogP contribution in [0.25, 0.3) is 0 Å². The van der Waals surface area contributed by atoms with E-state index in [1.165, 1.54) is 51.7 Å². The third-order valence-electron chi connectivity index (χ3n) is 14.5. The first kappa shape index (κ1) is 53.1. The number of esters is 3. The molecule has 4 fully saturated rings. The van der Waals surface area contributed by atoms with E-state index in [0.717, 1.165) is 0 Å². The summed E-state index contributed by atoms with van der Waals surface area (Å²) in [7, 11) is 5.92. The number of furan rings is 1. The number of ether oxygens (including phenoxy) is 9. The van der Waals surface area contributed by atoms with Gasteiger partial charge in [-0.15, -0.1) is 0 Å². The first-order chi connectivity index (χ1) is 32.7. The van der Waals surface area contributed by atoms with Gasteiger partial charge in [0, 0.05) is 41.9 Å². The molecule has 4 N–H and O–H groups in total. The summed E-state index contributed by atoms with van der Waals surface area (Å²) >= 11 is 0. The second-order valence-corrected chi connectivity index (χ2v) is 24.0. The lowest BCUT2D eigenvalue weighted by Crippen LogP contribution is -2.86. The van der Waals surface area contributed by atoms with Crippen LogP contribution >= 0.6 is 21.6 Å². The predicted octanol–water partition coefficient (Wildman–Crippen LogP) is 6.23. The van der Waals surface area contributed by atoms with E-state index in [1.54, 1.807) is 69.2 Å². The lowest BCUT2D eigenvalue weighted by atomic mass is 9.42. The van der Waals surface area contributed by atoms with Crippen molar-refractivity contribution in [3.8, 4) is 11.5 Å². The molecule has 0 radical (unpaired) electrons. The fourth-order valence-corrected chi connectivity index (χ4v) is 13.3. The van der Waals surface area contributed by atoms with Crippen molar-refractivity contribution in [1.82, 2.24) is 10.6 Å². The number of nitrogens with one attached hydrogen (secondary N) is 2. The van der Waals surface area contributed by atoms with Crippen LogP contribution in [0.5, 0.6) is 11.5 Å². The Hall–Kier alpha value is -4.67. The van der Waals surface area contributed by atoms with Crippen LogP contribution in [0.3, 0.4) is 0 Å². The van der Waals surface area contributed by atoms with E-state index in [2.05, 4.69) is 10.6 Å². The Bertz CT molecular complexity index is 2370. The molecule has 0 unspecified atom stereocenters. The van der Waals surface area contributed by atoms with E-state index < -0.39 is 124 Å². The molecule has 2 amide bonds. The molecule has 19 nitrogen and oxygen atoms in total. The van der Waals surface area contributed by atoms with Gasteiger partial charge in [0.05, 0.1) is 39.1 Å². The molecule has 12 atom stereocenters. The molecule has 0 spiro atoms. The highest BCUT2D eigenvalue weighted by Crippen LogP contribution is 2.69. The number of carbonyl (C=O) groups is 5. The highest BCUT2D eigenvalue weighted by molar-refractivity contribution is 8.77. The summed E-state index contributed by atoms with van der Waals surface area (Å²) in [6.07, 6.45) is -7.73. The van der Waals surface area contributed by atoms with Crippen molar-refractivity contribution < 1.29 is 81.2 Å². The number of fused-ring (bicyclic) bond motifs is 4. The highest BCUT2D eigenvalue weighted by Gasteiger charge is 2.82. The quantitative estimate of drug-likeness (QED) is 0.0668. The van der Waals surface area contributed by atoms with Gasteiger partial charge in [-0.3, -0.25) is 4.79 Å². The molecule has 2 bridgehead atoms. The Morgan fingerprint density at radius 2 is 1.69 bits per heavy atom. The SMILES string of the molecule is COc1ccc(OC)c(C(=O)O[C@H]2[C@@H]3[C@]4(OC(C)=O)CO[C@@H]4C[C@H]4O[C@@H]([C@H](OC(=O)NCC(C)(C)SSC)C5=C(C)[C@@H](OC(=O)[C@H](O)[C@@H](NC(=O)OC(C)(C)C)c6ccco6)C[C@]2(O)C5(C)C)[C@@]34C)c1. The molecule has 386 valence electrons. The Kier molecular flexibility index (Phi) is 14.7. The van der Waals surface area contributed by atoms with Gasteiger partial charge < -0.3 is 67.9 Å². The highest BCUT2D eigenvalue weighted by atomic mass is 33.1. The summed E-state index contributed by atoms with van der Waals surface area (Å²) in [4.78, 5) is 70.1. The van der Waals surface area contributed by atoms with E-state index in [-0.39, 0.29) is 42.2 Å². The fourth-order valence-electron chi connectivity index (χ4n) is 11.2. The third kappa shape index (κ3) is 9.45. The molecule has 7 rings (SSSR count). The number of aliphatic hydroxyl groups is 2. The molecule has 2 aromatic rings. The van der Waals surface area contributed by atoms with Gasteiger partial charge in [-0.2, -0.15) is 0 Å². The second-order valence-electron chi connectivity index (χ2n) is 20.9. The topological polar surface area (TPSA) is 246 Å². The van der Waals surface area contributed by atoms with Gasteiger partial charge in [-0.25, -0.2) is 19.2 Å². The normalized spacial score (nSPS) is 31.5. The Morgan fingerprint density at radius 1 is 0.971 bits per heavy atom. The summed E-state index contributed by atoms with van der Waals surface area (Å²) in [5.74, 6) is -3.55. The fraction of sp³-hybridized carbons (Fsp3) is 0.653. The summed E-state index contributed by atoms with van der Waals surface area (Å²) in [5.41, 5.74) is -6.94. The van der Waals surface area contributed by atoms with Gasteiger partial charge in [0.25, 0.3) is 0 Å². The number of carbonyl (C=O) groups excluding carboxylic acids is 5. The van der Waals surface area contributed by atoms with Gasteiger partial charge in [0.1, 0.15) is 64.5 Å². The van der Waals surface area contributed by atoms with Gasteiger partial charge >= 0.3 is 30.1 Å². The molecular formula is C49H66N2O17S2. The molecule has 3 aliphatic carbocycles. The van der Waals surface area contributed by atoms with Crippen LogP contribution < -0.4 is 20.1 Å². The largest absolute Gasteiger partial charge is 0.497 e. The number of hydrogen-bond donors (Lipinski definition) is 4. The minimum atomic E-state index is -2.30. The van der Waals surface area contributed by atoms with E-state index in [1.807, 2.05) is 27.0 Å². The molecule has 21 heteroatoms. The van der Waals surface area contributed by atoms with Crippen LogP contribution in [0.15, 0.2) is 52.2 Å². The minimum absolute atomic E-state index is 0.00112. The molecule has 3 heterocycles. The Morgan fingerprint density at radius 3 is 2.27 bits per heavy atom. The van der Waals surface area contributed by atoms with Crippen molar-refractivity contribution in [3.05, 3.63) is 59.1 Å². The lowest BCUT2D eigenvalue weighted by Gasteiger charge is -2.74. The number of rotatable bonds is 15. The third-order valence-corrected chi connectivity index (χ3v) is 17.1. The molecule has 5 aliphatic rings. The van der Waals surface area contributed by atoms with Crippen molar-refractivity contribution in [2.75, 3.05) is 33.6 Å². The zero-order valence-corrected chi connectivity index (χ0v) is 43.5. The van der Waals surface area contributed by atoms with E-state index in [0.29, 0.717) is 11.3 Å². The molecule has 2 saturated carbocycles. The summed E-state index contributed by atoms with van der Waals surface area (Å²) < 4.78 is 60.3. The summed E-state index contributed by atoms with van der Waals surface area (Å²) in [6, 6.07) is 6.00. The molecule has 2 aliphatic heterocycles. The van der Waals surface area contributed by atoms with Crippen molar-refractivity contribution in [3.63, 3.8) is 0 Å². The zero-order valence-electron chi connectivity index (χ0n) is 41.8. The van der Waals surface area contributed by atoms with Gasteiger partial charge in [0.15, 0.2) is 17.8 Å². The first-order valence-corrected chi connectivity index (χ1v) is 25.6. The average Bonchev–Trinajstić information content (AvgIpc) is 3.81. The van der Waals surface area contributed by atoms with Crippen LogP contribution in [-0.2, 0) is 42.7 Å². The summed E-state index contributed by atoms with van der Waals surface area (Å²) in [5, 5.41) is 31.3. The van der Waals surface area contributed by atoms with Gasteiger partial charge in [-0.1, -0.05) is 42.4 Å².